The second-order valence-electron chi connectivity index (χ2n) is 5.16. The van der Waals surface area contributed by atoms with Crippen LogP contribution in [0.3, 0.4) is 0 Å². The first kappa shape index (κ1) is 14.0. The predicted molar refractivity (Wildman–Crippen MR) is 82.4 cm³/mol. The summed E-state index contributed by atoms with van der Waals surface area (Å²) in [7, 11) is 0. The second-order valence-corrected chi connectivity index (χ2v) is 6.31. The molecule has 100 valence electrons. The lowest BCUT2D eigenvalue weighted by molar-refractivity contribution is 0.387. The van der Waals surface area contributed by atoms with Gasteiger partial charge in [0.15, 0.2) is 0 Å². The van der Waals surface area contributed by atoms with Gasteiger partial charge in [0.1, 0.15) is 0 Å². The summed E-state index contributed by atoms with van der Waals surface area (Å²) >= 11 is 2.11. The minimum absolute atomic E-state index is 0.664. The molecule has 1 aliphatic rings. The van der Waals surface area contributed by atoms with Gasteiger partial charge in [-0.1, -0.05) is 38.1 Å². The maximum absolute atomic E-state index is 3.69. The summed E-state index contributed by atoms with van der Waals surface area (Å²) < 4.78 is 0. The molecule has 0 spiro atoms. The summed E-state index contributed by atoms with van der Waals surface area (Å²) in [5.74, 6) is 3.55. The van der Waals surface area contributed by atoms with E-state index >= 15 is 0 Å². The first-order chi connectivity index (χ1) is 8.83. The Hall–Kier alpha value is -0.470. The highest BCUT2D eigenvalue weighted by Gasteiger charge is 2.24. The molecule has 1 heterocycles. The largest absolute Gasteiger partial charge is 0.314 e. The zero-order valence-electron chi connectivity index (χ0n) is 11.6. The number of likely N-dealkylation sites (N-methyl/N-ethyl adjacent to an activating group) is 1. The van der Waals surface area contributed by atoms with E-state index in [0.717, 1.165) is 18.9 Å². The van der Waals surface area contributed by atoms with Crippen LogP contribution >= 0.6 is 11.8 Å². The fraction of sp³-hybridized carbons (Fsp3) is 0.625. The molecular weight excluding hydrogens is 238 g/mol. The molecule has 2 unspecified atom stereocenters. The van der Waals surface area contributed by atoms with Crippen molar-refractivity contribution in [1.29, 1.82) is 0 Å². The van der Waals surface area contributed by atoms with Crippen LogP contribution in [0.2, 0.25) is 0 Å². The van der Waals surface area contributed by atoms with Crippen LogP contribution in [-0.2, 0) is 12.8 Å². The number of nitrogens with one attached hydrogen (secondary N) is 1. The van der Waals surface area contributed by atoms with Crippen LogP contribution in [-0.4, -0.2) is 24.1 Å². The summed E-state index contributed by atoms with van der Waals surface area (Å²) in [6, 6.07) is 9.84. The molecule has 1 fully saturated rings. The average Bonchev–Trinajstić information content (AvgIpc) is 2.93. The van der Waals surface area contributed by atoms with Gasteiger partial charge in [-0.05, 0) is 54.4 Å². The first-order valence-electron chi connectivity index (χ1n) is 7.22. The molecule has 0 aliphatic carbocycles. The van der Waals surface area contributed by atoms with Gasteiger partial charge in [-0.3, -0.25) is 0 Å². The number of hydrogen-bond donors (Lipinski definition) is 1. The minimum atomic E-state index is 0.664. The Morgan fingerprint density at radius 1 is 1.22 bits per heavy atom. The molecular formula is C16H25NS. The Bertz CT molecular complexity index is 341. The highest BCUT2D eigenvalue weighted by Crippen LogP contribution is 2.27. The summed E-state index contributed by atoms with van der Waals surface area (Å²) in [5.41, 5.74) is 2.92. The maximum atomic E-state index is 3.69. The molecule has 1 saturated heterocycles. The summed E-state index contributed by atoms with van der Waals surface area (Å²) in [4.78, 5) is 0. The Morgan fingerprint density at radius 3 is 2.50 bits per heavy atom. The Labute approximate surface area is 116 Å². The molecule has 2 rings (SSSR count). The highest BCUT2D eigenvalue weighted by atomic mass is 32.2. The fourth-order valence-corrected chi connectivity index (χ4v) is 4.04. The van der Waals surface area contributed by atoms with Gasteiger partial charge in [0, 0.05) is 6.04 Å². The van der Waals surface area contributed by atoms with E-state index < -0.39 is 0 Å². The molecule has 0 aromatic heterocycles. The van der Waals surface area contributed by atoms with Gasteiger partial charge in [0.25, 0.3) is 0 Å². The van der Waals surface area contributed by atoms with Gasteiger partial charge >= 0.3 is 0 Å². The lowest BCUT2D eigenvalue weighted by Gasteiger charge is -2.24. The number of thioether (sulfide) groups is 1. The molecule has 18 heavy (non-hydrogen) atoms. The molecule has 1 aromatic carbocycles. The Balaban J connectivity index is 1.98. The van der Waals surface area contributed by atoms with Crippen molar-refractivity contribution in [2.45, 2.75) is 39.2 Å². The van der Waals surface area contributed by atoms with E-state index in [0.29, 0.717) is 6.04 Å². The third-order valence-electron chi connectivity index (χ3n) is 3.89. The molecule has 0 saturated carbocycles. The minimum Gasteiger partial charge on any atom is -0.314 e. The molecule has 0 amide bonds. The van der Waals surface area contributed by atoms with Crippen molar-refractivity contribution < 1.29 is 0 Å². The van der Waals surface area contributed by atoms with Crippen LogP contribution in [0.25, 0.3) is 0 Å². The second kappa shape index (κ2) is 7.20. The van der Waals surface area contributed by atoms with Gasteiger partial charge in [-0.25, -0.2) is 0 Å². The summed E-state index contributed by atoms with van der Waals surface area (Å²) in [6.07, 6.45) is 3.70. The van der Waals surface area contributed by atoms with Crippen molar-refractivity contribution in [1.82, 2.24) is 5.32 Å². The van der Waals surface area contributed by atoms with Crippen LogP contribution in [0.4, 0.5) is 0 Å². The third-order valence-corrected chi connectivity index (χ3v) is 5.08. The van der Waals surface area contributed by atoms with Crippen molar-refractivity contribution in [3.05, 3.63) is 35.4 Å². The van der Waals surface area contributed by atoms with Crippen molar-refractivity contribution in [3.63, 3.8) is 0 Å². The van der Waals surface area contributed by atoms with E-state index in [1.54, 1.807) is 0 Å². The van der Waals surface area contributed by atoms with E-state index in [-0.39, 0.29) is 0 Å². The molecule has 1 aromatic rings. The fourth-order valence-electron chi connectivity index (χ4n) is 2.70. The Morgan fingerprint density at radius 2 is 1.94 bits per heavy atom. The number of rotatable bonds is 6. The molecule has 0 bridgehead atoms. The number of benzene rings is 1. The van der Waals surface area contributed by atoms with Crippen LogP contribution in [0.5, 0.6) is 0 Å². The van der Waals surface area contributed by atoms with Crippen LogP contribution in [0.15, 0.2) is 24.3 Å². The monoisotopic (exact) mass is 263 g/mol. The number of hydrogen-bond acceptors (Lipinski definition) is 2. The molecule has 1 N–H and O–H groups in total. The quantitative estimate of drug-likeness (QED) is 0.843. The van der Waals surface area contributed by atoms with Crippen molar-refractivity contribution >= 4 is 11.8 Å². The lowest BCUT2D eigenvalue weighted by atomic mass is 9.92. The Kier molecular flexibility index (Phi) is 5.58. The van der Waals surface area contributed by atoms with Gasteiger partial charge in [-0.15, -0.1) is 0 Å². The molecule has 0 radical (unpaired) electrons. The van der Waals surface area contributed by atoms with E-state index in [9.17, 15) is 0 Å². The molecule has 2 atom stereocenters. The van der Waals surface area contributed by atoms with Crippen LogP contribution < -0.4 is 5.32 Å². The third kappa shape index (κ3) is 3.76. The van der Waals surface area contributed by atoms with Crippen molar-refractivity contribution in [3.8, 4) is 0 Å². The van der Waals surface area contributed by atoms with Gasteiger partial charge in [0.2, 0.25) is 0 Å². The summed E-state index contributed by atoms with van der Waals surface area (Å²) in [6.45, 7) is 5.51. The van der Waals surface area contributed by atoms with Gasteiger partial charge in [0.05, 0.1) is 0 Å². The van der Waals surface area contributed by atoms with E-state index in [2.05, 4.69) is 55.2 Å². The highest BCUT2D eigenvalue weighted by molar-refractivity contribution is 7.99. The van der Waals surface area contributed by atoms with E-state index in [1.807, 2.05) is 0 Å². The topological polar surface area (TPSA) is 12.0 Å². The predicted octanol–water partition coefficient (Wildman–Crippen LogP) is 3.52. The zero-order valence-corrected chi connectivity index (χ0v) is 12.4. The lowest BCUT2D eigenvalue weighted by Crippen LogP contribution is -2.38. The standard InChI is InChI=1S/C16H25NS/c1-3-13-5-7-14(8-6-13)11-16(17-4-2)15-9-10-18-12-15/h5-8,15-17H,3-4,9-12H2,1-2H3. The number of aryl methyl sites for hydroxylation is 1. The smallest absolute Gasteiger partial charge is 0.0144 e. The van der Waals surface area contributed by atoms with Crippen molar-refractivity contribution in [2.24, 2.45) is 5.92 Å². The molecule has 2 heteroatoms. The molecule has 1 nitrogen and oxygen atoms in total. The SMILES string of the molecule is CCNC(Cc1ccc(CC)cc1)C1CCSC1. The van der Waals surface area contributed by atoms with E-state index in [1.165, 1.54) is 35.5 Å². The first-order valence-corrected chi connectivity index (χ1v) is 8.38. The maximum Gasteiger partial charge on any atom is 0.0144 e. The summed E-state index contributed by atoms with van der Waals surface area (Å²) in [5, 5.41) is 3.69. The van der Waals surface area contributed by atoms with Gasteiger partial charge in [-0.2, -0.15) is 11.8 Å². The van der Waals surface area contributed by atoms with Crippen molar-refractivity contribution in [2.75, 3.05) is 18.1 Å². The van der Waals surface area contributed by atoms with Crippen LogP contribution in [0.1, 0.15) is 31.4 Å². The van der Waals surface area contributed by atoms with Gasteiger partial charge < -0.3 is 5.32 Å². The van der Waals surface area contributed by atoms with E-state index in [4.69, 9.17) is 0 Å². The average molecular weight is 263 g/mol. The van der Waals surface area contributed by atoms with Crippen LogP contribution in [0, 0.1) is 5.92 Å². The molecule has 1 aliphatic heterocycles. The normalized spacial score (nSPS) is 21.1. The zero-order chi connectivity index (χ0) is 12.8.